The Hall–Kier alpha value is -6.37. The van der Waals surface area contributed by atoms with Crippen molar-refractivity contribution in [3.05, 3.63) is 50.6 Å². The van der Waals surface area contributed by atoms with Crippen LogP contribution in [0.15, 0.2) is 50.6 Å². The highest BCUT2D eigenvalue weighted by atomic mass is 32.2. The van der Waals surface area contributed by atoms with Crippen LogP contribution in [0.2, 0.25) is 0 Å². The molecule has 3 saturated heterocycles. The first-order chi connectivity index (χ1) is 40.8. The third-order valence-corrected chi connectivity index (χ3v) is 12.8. The van der Waals surface area contributed by atoms with E-state index in [9.17, 15) is 46.8 Å². The normalized spacial score (nSPS) is 17.8. The van der Waals surface area contributed by atoms with Gasteiger partial charge in [-0.05, 0) is 38.5 Å². The van der Waals surface area contributed by atoms with Crippen LogP contribution in [0, 0.1) is 16.2 Å². The van der Waals surface area contributed by atoms with Crippen molar-refractivity contribution in [2.45, 2.75) is 130 Å². The molecule has 5 N–H and O–H groups in total. The minimum atomic E-state index is -3.95. The molecule has 3 aliphatic rings. The molecule has 0 saturated carbocycles. The highest BCUT2D eigenvalue weighted by Crippen LogP contribution is 2.38. The van der Waals surface area contributed by atoms with Crippen molar-refractivity contribution < 1.29 is 113 Å². The van der Waals surface area contributed by atoms with Crippen LogP contribution < -0.4 is 21.3 Å². The lowest BCUT2D eigenvalue weighted by atomic mass is 9.86. The predicted octanol–water partition coefficient (Wildman–Crippen LogP) is 6.17. The lowest BCUT2D eigenvalue weighted by Crippen LogP contribution is -2.57. The van der Waals surface area contributed by atoms with E-state index in [1.807, 2.05) is 27.7 Å². The fraction of sp³-hybridized carbons (Fsp3) is 0.719. The number of nitrogens with one attached hydrogen (secondary N) is 4. The smallest absolute Gasteiger partial charge is 0.407 e. The van der Waals surface area contributed by atoms with E-state index >= 15 is 0 Å². The van der Waals surface area contributed by atoms with E-state index in [-0.39, 0.29) is 64.7 Å². The lowest BCUT2D eigenvalue weighted by Gasteiger charge is -2.48. The number of alkyl carbamates (subject to hydrolysis) is 4. The Labute approximate surface area is 506 Å². The van der Waals surface area contributed by atoms with Gasteiger partial charge in [0.15, 0.2) is 12.6 Å². The quantitative estimate of drug-likeness (QED) is 0.0156. The zero-order valence-electron chi connectivity index (χ0n) is 51.1. The highest BCUT2D eigenvalue weighted by molar-refractivity contribution is 7.85. The highest BCUT2D eigenvalue weighted by Gasteiger charge is 2.48. The summed E-state index contributed by atoms with van der Waals surface area (Å²) in [5.74, 6) is -2.48. The van der Waals surface area contributed by atoms with E-state index in [2.05, 4.69) is 64.0 Å². The summed E-state index contributed by atoms with van der Waals surface area (Å²) in [7, 11) is -2.45. The second kappa shape index (κ2) is 46.8. The summed E-state index contributed by atoms with van der Waals surface area (Å²) in [6.07, 6.45) is 12.3. The summed E-state index contributed by atoms with van der Waals surface area (Å²) >= 11 is 0. The van der Waals surface area contributed by atoms with Gasteiger partial charge in [-0.2, -0.15) is 8.42 Å². The molecule has 0 radical (unpaired) electrons. The van der Waals surface area contributed by atoms with E-state index < -0.39 is 87.0 Å². The average Bonchev–Trinajstić information content (AvgIpc) is 1.22. The number of hydrogen-bond acceptors (Lipinski definition) is 23. The van der Waals surface area contributed by atoms with E-state index in [1.165, 1.54) is 26.3 Å². The number of esters is 4. The van der Waals surface area contributed by atoms with Crippen molar-refractivity contribution in [1.82, 2.24) is 21.3 Å². The third kappa shape index (κ3) is 41.6. The number of ether oxygens (including phenoxy) is 13. The maximum atomic E-state index is 12.2. The summed E-state index contributed by atoms with van der Waals surface area (Å²) in [5.41, 5.74) is -1.60. The number of carbonyl (C=O) groups is 8. The van der Waals surface area contributed by atoms with Gasteiger partial charge in [-0.3, -0.25) is 4.55 Å². The zero-order chi connectivity index (χ0) is 64.7. The first-order valence-corrected chi connectivity index (χ1v) is 30.2. The number of carbonyl (C=O) groups excluding carboxylic acids is 8. The monoisotopic (exact) mass is 1250 g/mol. The largest absolute Gasteiger partial charge is 0.463 e. The Morgan fingerprint density at radius 2 is 0.895 bits per heavy atom. The van der Waals surface area contributed by atoms with Gasteiger partial charge in [0.1, 0.15) is 46.2 Å². The predicted molar refractivity (Wildman–Crippen MR) is 312 cm³/mol. The van der Waals surface area contributed by atoms with Gasteiger partial charge < -0.3 is 82.8 Å². The molecular formula is C57H96N4O24S. The van der Waals surface area contributed by atoms with Gasteiger partial charge >= 0.3 is 48.3 Å². The molecule has 29 heteroatoms. The first-order valence-electron chi connectivity index (χ1n) is 28.6. The molecule has 28 nitrogen and oxygen atoms in total. The molecule has 3 fully saturated rings. The fourth-order valence-corrected chi connectivity index (χ4v) is 7.66. The van der Waals surface area contributed by atoms with Crippen molar-refractivity contribution in [2.75, 3.05) is 118 Å². The third-order valence-electron chi connectivity index (χ3n) is 12.0. The van der Waals surface area contributed by atoms with E-state index in [1.54, 1.807) is 0 Å². The number of unbranched alkanes of at least 4 members (excludes halogenated alkanes) is 7. The van der Waals surface area contributed by atoms with Crippen LogP contribution in [0.5, 0.6) is 0 Å². The summed E-state index contributed by atoms with van der Waals surface area (Å²) in [4.78, 5) is 88.9. The molecule has 3 rings (SSSR count). The minimum Gasteiger partial charge on any atom is -0.463 e. The molecule has 1 unspecified atom stereocenters. The van der Waals surface area contributed by atoms with Crippen molar-refractivity contribution in [2.24, 2.45) is 16.2 Å². The maximum absolute atomic E-state index is 12.2. The molecule has 0 bridgehead atoms. The number of hydrogen-bond donors (Lipinski definition) is 5. The fourth-order valence-electron chi connectivity index (χ4n) is 7.18. The van der Waals surface area contributed by atoms with Gasteiger partial charge in [0, 0.05) is 68.4 Å². The number of rotatable bonds is 35. The molecule has 0 aliphatic carbocycles. The molecule has 494 valence electrons. The second-order valence-corrected chi connectivity index (χ2v) is 22.5. The Kier molecular flexibility index (Phi) is 43.3. The number of amides is 4. The molecule has 1 spiro atoms. The van der Waals surface area contributed by atoms with Crippen LogP contribution in [0.3, 0.4) is 0 Å². The topological polar surface area (TPSA) is 359 Å². The molecule has 3 heterocycles. The Balaban J connectivity index is 0.00000142. The van der Waals surface area contributed by atoms with Crippen LogP contribution in [0.25, 0.3) is 0 Å². The molecule has 1 atom stereocenters. The summed E-state index contributed by atoms with van der Waals surface area (Å²) in [6.45, 7) is 27.1. The van der Waals surface area contributed by atoms with Crippen LogP contribution in [-0.4, -0.2) is 198 Å². The van der Waals surface area contributed by atoms with Crippen molar-refractivity contribution in [1.29, 1.82) is 0 Å². The molecule has 0 aromatic heterocycles. The summed E-state index contributed by atoms with van der Waals surface area (Å²) in [6, 6.07) is 0. The molecule has 0 aromatic carbocycles. The Morgan fingerprint density at radius 3 is 1.27 bits per heavy atom. The van der Waals surface area contributed by atoms with Crippen molar-refractivity contribution in [3.8, 4) is 0 Å². The van der Waals surface area contributed by atoms with Crippen LogP contribution in [0.4, 0.5) is 19.2 Å². The Morgan fingerprint density at radius 1 is 0.523 bits per heavy atom. The lowest BCUT2D eigenvalue weighted by molar-refractivity contribution is -0.336. The van der Waals surface area contributed by atoms with Gasteiger partial charge in [-0.15, -0.1) is 0 Å². The van der Waals surface area contributed by atoms with Crippen molar-refractivity contribution in [3.63, 3.8) is 0 Å². The average molecular weight is 1250 g/mol. The van der Waals surface area contributed by atoms with Gasteiger partial charge in [-0.25, -0.2) is 38.4 Å². The van der Waals surface area contributed by atoms with Crippen LogP contribution >= 0.6 is 0 Å². The SMILES string of the molecule is C=CC(=O)OCC1CCCO1.C=CC(=O)OCCCS(=O)(=O)O.C=CC(=O)OCCOC(=O)NCCCCCCC.C=CC(=O)OCCOC(=O)NCCCCCCNC(=O)OCC(C)(C)C1OCC2(COC(C(C)(C)COC(=O)NC)OC2)CO1. The van der Waals surface area contributed by atoms with Gasteiger partial charge in [-0.1, -0.05) is 99.5 Å². The minimum absolute atomic E-state index is 0.0272. The van der Waals surface area contributed by atoms with Gasteiger partial charge in [0.2, 0.25) is 0 Å². The summed E-state index contributed by atoms with van der Waals surface area (Å²) < 4.78 is 96.8. The first kappa shape index (κ1) is 79.6. The molecular weight excluding hydrogens is 1160 g/mol. The van der Waals surface area contributed by atoms with E-state index in [0.29, 0.717) is 52.7 Å². The van der Waals surface area contributed by atoms with E-state index in [0.717, 1.165) is 82.3 Å². The Bertz CT molecular complexity index is 2140. The van der Waals surface area contributed by atoms with Gasteiger partial charge in [0.25, 0.3) is 10.1 Å². The molecule has 4 amide bonds. The van der Waals surface area contributed by atoms with Crippen molar-refractivity contribution >= 4 is 58.4 Å². The van der Waals surface area contributed by atoms with Crippen LogP contribution in [-0.2, 0) is 90.9 Å². The maximum Gasteiger partial charge on any atom is 0.407 e. The summed E-state index contributed by atoms with van der Waals surface area (Å²) in [5, 5.41) is 10.4. The van der Waals surface area contributed by atoms with Crippen LogP contribution in [0.1, 0.15) is 112 Å². The second-order valence-electron chi connectivity index (χ2n) is 20.9. The zero-order valence-corrected chi connectivity index (χ0v) is 51.9. The molecule has 0 aromatic rings. The van der Waals surface area contributed by atoms with Gasteiger partial charge in [0.05, 0.1) is 50.3 Å². The molecule has 86 heavy (non-hydrogen) atoms. The van der Waals surface area contributed by atoms with E-state index in [4.69, 9.17) is 56.7 Å². The standard InChI is InChI=1S/C30H51N3O12.C13H23NO4.C8H12O3.C6H10O5S/c1-7-22(34)38-14-15-39-26(36)32-12-10-8-9-11-13-33-27(37)45-17-29(4,5)24-42-20-30(21-43-24)18-40-23(41-19-30)28(2,3)16-44-25(35)31-6;1-3-5-6-7-8-9-14-13(16)18-11-10-17-12(15)4-2;1-2-8(9)11-6-7-4-3-5-10-7;1-2-6(7)11-4-3-5-12(8,9)10/h7,23-24H,1,8-21H2,2-6H3,(H,31,35)(H,32,36)(H,33,37);4H,2-3,5-11H2,1H3,(H,14,16);2,7H,1,3-6H2;2H,1,3-5H2,(H,8,9,10). The molecule has 3 aliphatic heterocycles.